The number of carbonyl (C=O) groups excluding carboxylic acids is 1. The van der Waals surface area contributed by atoms with Gasteiger partial charge in [0.05, 0.1) is 18.2 Å². The van der Waals surface area contributed by atoms with Crippen molar-refractivity contribution in [3.05, 3.63) is 108 Å². The second-order valence-corrected chi connectivity index (χ2v) is 9.12. The number of benzene rings is 3. The molecule has 5 heteroatoms. The van der Waals surface area contributed by atoms with Gasteiger partial charge in [0, 0.05) is 24.3 Å². The fraction of sp³-hybridized carbons (Fsp3) is 0.233. The monoisotopic (exact) mass is 462 g/mol. The third-order valence-corrected chi connectivity index (χ3v) is 6.68. The summed E-state index contributed by atoms with van der Waals surface area (Å²) >= 11 is 0. The summed E-state index contributed by atoms with van der Waals surface area (Å²) in [4.78, 5) is 17.9. The van der Waals surface area contributed by atoms with Gasteiger partial charge >= 0.3 is 0 Å². The number of carbonyl (C=O) groups is 1. The molecule has 5 rings (SSSR count). The summed E-state index contributed by atoms with van der Waals surface area (Å²) in [7, 11) is 0. The number of nitrogens with zero attached hydrogens (tertiary/aromatic N) is 4. The first-order chi connectivity index (χ1) is 17.2. The van der Waals surface area contributed by atoms with Crippen molar-refractivity contribution in [2.45, 2.75) is 26.3 Å². The van der Waals surface area contributed by atoms with E-state index in [4.69, 9.17) is 0 Å². The lowest BCUT2D eigenvalue weighted by Gasteiger charge is -2.35. The number of anilines is 2. The average molecular weight is 463 g/mol. The van der Waals surface area contributed by atoms with Gasteiger partial charge in [-0.15, -0.1) is 10.2 Å². The van der Waals surface area contributed by atoms with Crippen LogP contribution in [0.5, 0.6) is 0 Å². The Morgan fingerprint density at radius 1 is 0.886 bits per heavy atom. The van der Waals surface area contributed by atoms with Gasteiger partial charge in [-0.05, 0) is 55.2 Å². The predicted molar refractivity (Wildman–Crippen MR) is 141 cm³/mol. The molecule has 0 bridgehead atoms. The van der Waals surface area contributed by atoms with Crippen molar-refractivity contribution >= 4 is 17.4 Å². The molecular weight excluding hydrogens is 432 g/mol. The number of aromatic nitrogens is 2. The van der Waals surface area contributed by atoms with E-state index in [1.54, 1.807) is 0 Å². The molecule has 0 radical (unpaired) electrons. The van der Waals surface area contributed by atoms with Crippen molar-refractivity contribution in [1.29, 1.82) is 0 Å². The first kappa shape index (κ1) is 22.8. The number of rotatable bonds is 6. The van der Waals surface area contributed by atoms with Crippen LogP contribution in [0, 0.1) is 12.8 Å². The van der Waals surface area contributed by atoms with Gasteiger partial charge in [0.25, 0.3) is 0 Å². The number of amides is 1. The molecule has 0 N–H and O–H groups in total. The van der Waals surface area contributed by atoms with E-state index in [1.165, 1.54) is 5.56 Å². The van der Waals surface area contributed by atoms with Crippen molar-refractivity contribution in [2.24, 2.45) is 5.92 Å². The number of piperidine rings is 1. The van der Waals surface area contributed by atoms with Crippen LogP contribution in [0.15, 0.2) is 97.1 Å². The smallest absolute Gasteiger partial charge is 0.232 e. The second-order valence-electron chi connectivity index (χ2n) is 9.12. The minimum absolute atomic E-state index is 0.0921. The quantitative estimate of drug-likeness (QED) is 0.358. The molecule has 1 saturated heterocycles. The molecule has 176 valence electrons. The summed E-state index contributed by atoms with van der Waals surface area (Å²) in [6.07, 6.45) is 1.83. The van der Waals surface area contributed by atoms with Crippen LogP contribution in [0.1, 0.15) is 24.0 Å². The Morgan fingerprint density at radius 3 is 2.31 bits per heavy atom. The van der Waals surface area contributed by atoms with E-state index >= 15 is 0 Å². The molecule has 1 fully saturated rings. The number of aryl methyl sites for hydroxylation is 1. The summed E-state index contributed by atoms with van der Waals surface area (Å²) < 4.78 is 0. The minimum Gasteiger partial charge on any atom is -0.354 e. The van der Waals surface area contributed by atoms with Crippen LogP contribution in [0.3, 0.4) is 0 Å². The molecule has 1 aliphatic rings. The normalized spacial score (nSPS) is 15.6. The van der Waals surface area contributed by atoms with Gasteiger partial charge in [0.2, 0.25) is 5.91 Å². The van der Waals surface area contributed by atoms with Crippen molar-refractivity contribution < 1.29 is 4.79 Å². The predicted octanol–water partition coefficient (Wildman–Crippen LogP) is 5.90. The molecular formula is C30H30N4O. The highest BCUT2D eigenvalue weighted by Gasteiger charge is 2.31. The molecule has 0 aliphatic carbocycles. The molecule has 5 nitrogen and oxygen atoms in total. The largest absolute Gasteiger partial charge is 0.354 e. The Labute approximate surface area is 207 Å². The summed E-state index contributed by atoms with van der Waals surface area (Å²) in [5.74, 6) is 0.897. The first-order valence-electron chi connectivity index (χ1n) is 12.2. The summed E-state index contributed by atoms with van der Waals surface area (Å²) in [6.45, 7) is 4.17. The van der Waals surface area contributed by atoms with Crippen molar-refractivity contribution in [1.82, 2.24) is 10.2 Å². The maximum atomic E-state index is 13.8. The third kappa shape index (κ3) is 5.24. The summed E-state index contributed by atoms with van der Waals surface area (Å²) in [5.41, 5.74) is 5.20. The SMILES string of the molecule is Cc1ccccc1-c1ccc(N2CCCC(C(=O)N(Cc3ccccc3)c3ccccc3)C2)nn1. The zero-order valence-electron chi connectivity index (χ0n) is 20.0. The Kier molecular flexibility index (Phi) is 6.85. The minimum atomic E-state index is -0.0921. The number of hydrogen-bond acceptors (Lipinski definition) is 4. The lowest BCUT2D eigenvalue weighted by atomic mass is 9.95. The van der Waals surface area contributed by atoms with E-state index in [2.05, 4.69) is 46.3 Å². The molecule has 4 aromatic rings. The van der Waals surface area contributed by atoms with Gasteiger partial charge in [0.1, 0.15) is 0 Å². The van der Waals surface area contributed by atoms with Gasteiger partial charge in [-0.1, -0.05) is 72.8 Å². The third-order valence-electron chi connectivity index (χ3n) is 6.68. The van der Waals surface area contributed by atoms with Crippen LogP contribution < -0.4 is 9.80 Å². The van der Waals surface area contributed by atoms with Crippen LogP contribution >= 0.6 is 0 Å². The van der Waals surface area contributed by atoms with E-state index in [1.807, 2.05) is 77.7 Å². The molecule has 1 atom stereocenters. The maximum Gasteiger partial charge on any atom is 0.232 e. The van der Waals surface area contributed by atoms with E-state index < -0.39 is 0 Å². The van der Waals surface area contributed by atoms with Gasteiger partial charge in [0.15, 0.2) is 5.82 Å². The Hall–Kier alpha value is -3.99. The zero-order valence-corrected chi connectivity index (χ0v) is 20.0. The van der Waals surface area contributed by atoms with Crippen LogP contribution in [0.2, 0.25) is 0 Å². The van der Waals surface area contributed by atoms with Crippen LogP contribution in [0.25, 0.3) is 11.3 Å². The molecule has 2 heterocycles. The topological polar surface area (TPSA) is 49.3 Å². The molecule has 1 aliphatic heterocycles. The highest BCUT2D eigenvalue weighted by molar-refractivity contribution is 5.95. The van der Waals surface area contributed by atoms with Gasteiger partial charge in [-0.25, -0.2) is 0 Å². The Balaban J connectivity index is 1.34. The molecule has 3 aromatic carbocycles. The molecule has 0 saturated carbocycles. The fourth-order valence-corrected chi connectivity index (χ4v) is 4.78. The standard InChI is InChI=1S/C30H30N4O/c1-23-11-8-9-17-27(23)28-18-19-29(32-31-28)33-20-10-14-25(22-33)30(35)34(26-15-6-3-7-16-26)21-24-12-4-2-5-13-24/h2-9,11-13,15-19,25H,10,14,20-22H2,1H3. The number of hydrogen-bond donors (Lipinski definition) is 0. The highest BCUT2D eigenvalue weighted by atomic mass is 16.2. The fourth-order valence-electron chi connectivity index (χ4n) is 4.78. The van der Waals surface area contributed by atoms with Crippen molar-refractivity contribution in [3.63, 3.8) is 0 Å². The lowest BCUT2D eigenvalue weighted by Crippen LogP contribution is -2.45. The molecule has 0 spiro atoms. The molecule has 1 amide bonds. The van der Waals surface area contributed by atoms with Crippen LogP contribution in [-0.4, -0.2) is 29.2 Å². The Morgan fingerprint density at radius 2 is 1.60 bits per heavy atom. The zero-order chi connectivity index (χ0) is 24.0. The van der Waals surface area contributed by atoms with E-state index in [0.717, 1.165) is 47.7 Å². The highest BCUT2D eigenvalue weighted by Crippen LogP contribution is 2.28. The first-order valence-corrected chi connectivity index (χ1v) is 12.2. The van der Waals surface area contributed by atoms with Gasteiger partial charge in [-0.3, -0.25) is 4.79 Å². The number of para-hydroxylation sites is 1. The van der Waals surface area contributed by atoms with Gasteiger partial charge < -0.3 is 9.80 Å². The maximum absolute atomic E-state index is 13.8. The van der Waals surface area contributed by atoms with Crippen LogP contribution in [-0.2, 0) is 11.3 Å². The van der Waals surface area contributed by atoms with Crippen molar-refractivity contribution in [2.75, 3.05) is 22.9 Å². The molecule has 1 unspecified atom stereocenters. The molecule has 1 aromatic heterocycles. The van der Waals surface area contributed by atoms with E-state index in [0.29, 0.717) is 13.1 Å². The van der Waals surface area contributed by atoms with Crippen molar-refractivity contribution in [3.8, 4) is 11.3 Å². The second kappa shape index (κ2) is 10.5. The average Bonchev–Trinajstić information content (AvgIpc) is 2.93. The lowest BCUT2D eigenvalue weighted by molar-refractivity contribution is -0.122. The van der Waals surface area contributed by atoms with Crippen LogP contribution in [0.4, 0.5) is 11.5 Å². The van der Waals surface area contributed by atoms with E-state index in [-0.39, 0.29) is 11.8 Å². The Bertz CT molecular complexity index is 1260. The van der Waals surface area contributed by atoms with E-state index in [9.17, 15) is 4.79 Å². The van der Waals surface area contributed by atoms with Gasteiger partial charge in [-0.2, -0.15) is 0 Å². The molecule has 35 heavy (non-hydrogen) atoms. The summed E-state index contributed by atoms with van der Waals surface area (Å²) in [6, 6.07) is 32.4. The summed E-state index contributed by atoms with van der Waals surface area (Å²) in [5, 5.41) is 9.04.